The first-order valence-corrected chi connectivity index (χ1v) is 3.36. The minimum atomic E-state index is 0. The van der Waals surface area contributed by atoms with Gasteiger partial charge in [0.05, 0.1) is 0 Å². The van der Waals surface area contributed by atoms with Crippen LogP contribution in [0.5, 0.6) is 0 Å². The van der Waals surface area contributed by atoms with Gasteiger partial charge in [0.25, 0.3) is 0 Å². The number of hydrogen-bond donors (Lipinski definition) is 0. The summed E-state index contributed by atoms with van der Waals surface area (Å²) in [5.74, 6) is 0. The van der Waals surface area contributed by atoms with Crippen molar-refractivity contribution in [1.29, 1.82) is 0 Å². The summed E-state index contributed by atoms with van der Waals surface area (Å²) in [5.41, 5.74) is 2.54. The number of aryl methyl sites for hydroxylation is 1. The van der Waals surface area contributed by atoms with E-state index in [2.05, 4.69) is 25.6 Å². The fourth-order valence-corrected chi connectivity index (χ4v) is 0.901. The van der Waals surface area contributed by atoms with Gasteiger partial charge in [0.1, 0.15) is 0 Å². The molecule has 0 nitrogen and oxygen atoms in total. The minimum Gasteiger partial charge on any atom is -1.00 e. The number of benzene rings is 1. The van der Waals surface area contributed by atoms with Crippen LogP contribution in [0, 0.1) is 13.3 Å². The van der Waals surface area contributed by atoms with Gasteiger partial charge in [-0.15, -0.1) is 35.7 Å². The molecule has 1 aromatic rings. The van der Waals surface area contributed by atoms with E-state index >= 15 is 0 Å². The third-order valence-corrected chi connectivity index (χ3v) is 1.49. The van der Waals surface area contributed by atoms with E-state index in [1.807, 2.05) is 24.6 Å². The van der Waals surface area contributed by atoms with Crippen molar-refractivity contribution < 1.29 is 12.4 Å². The zero-order valence-corrected chi connectivity index (χ0v) is 9.43. The summed E-state index contributed by atoms with van der Waals surface area (Å²) in [6, 6.07) is 8.24. The van der Waals surface area contributed by atoms with Crippen molar-refractivity contribution in [2.45, 2.75) is 6.92 Å². The fourth-order valence-electron chi connectivity index (χ4n) is 0.901. The third kappa shape index (κ3) is 4.05. The molecule has 0 aliphatic heterocycles. The van der Waals surface area contributed by atoms with E-state index in [9.17, 15) is 0 Å². The van der Waals surface area contributed by atoms with Crippen LogP contribution in [0.4, 0.5) is 0 Å². The summed E-state index contributed by atoms with van der Waals surface area (Å²) in [6.07, 6.45) is 3.82. The maximum Gasteiger partial charge on any atom is 2.00 e. The Labute approximate surface area is 96.6 Å². The Balaban J connectivity index is 0. The van der Waals surface area contributed by atoms with Crippen molar-refractivity contribution >= 4 is 23.1 Å². The average Bonchev–Trinajstić information content (AvgIpc) is 1.94. The second-order valence-corrected chi connectivity index (χ2v) is 2.26. The van der Waals surface area contributed by atoms with Crippen LogP contribution < -0.4 is 12.4 Å². The first-order valence-electron chi connectivity index (χ1n) is 3.36. The summed E-state index contributed by atoms with van der Waals surface area (Å²) < 4.78 is 0. The molecule has 0 atom stereocenters. The van der Waals surface area contributed by atoms with E-state index in [4.69, 9.17) is 0 Å². The van der Waals surface area contributed by atoms with Crippen LogP contribution >= 0.6 is 0 Å². The Hall–Kier alpha value is -0.114. The topological polar surface area (TPSA) is 0 Å². The van der Waals surface area contributed by atoms with Crippen molar-refractivity contribution in [3.63, 3.8) is 0 Å². The van der Waals surface area contributed by atoms with Gasteiger partial charge in [0.15, 0.2) is 0 Å². The van der Waals surface area contributed by atoms with Crippen LogP contribution in [0.3, 0.4) is 0 Å². The second-order valence-electron chi connectivity index (χ2n) is 2.26. The van der Waals surface area contributed by atoms with E-state index in [1.165, 1.54) is 11.1 Å². The number of allylic oxidation sites excluding steroid dienone is 1. The summed E-state index contributed by atoms with van der Waals surface area (Å²) in [4.78, 5) is 0. The Kier molecular flexibility index (Phi) is 9.04. The molecule has 0 unspecified atom stereocenters. The molecular formula is C10H11ClMg. The molecule has 0 saturated heterocycles. The van der Waals surface area contributed by atoms with Gasteiger partial charge in [0.2, 0.25) is 0 Å². The van der Waals surface area contributed by atoms with Crippen LogP contribution in [-0.4, -0.2) is 23.1 Å². The molecule has 0 bridgehead atoms. The van der Waals surface area contributed by atoms with Gasteiger partial charge in [-0.25, -0.2) is 0 Å². The smallest absolute Gasteiger partial charge is 1.00 e. The van der Waals surface area contributed by atoms with Gasteiger partial charge < -0.3 is 12.4 Å². The molecule has 0 heterocycles. The predicted octanol–water partition coefficient (Wildman–Crippen LogP) is -0.643. The van der Waals surface area contributed by atoms with E-state index in [0.717, 1.165) is 0 Å². The van der Waals surface area contributed by atoms with Gasteiger partial charge in [-0.3, -0.25) is 0 Å². The van der Waals surface area contributed by atoms with Gasteiger partial charge in [-0.1, -0.05) is 13.0 Å². The standard InChI is InChI=1S/C10H11.ClH.Mg/c1-3-6-10-8-5-4-7-9(10)2;;/h3-8H,1H2,2H3;1H;/q-1;;+2/p-1. The second kappa shape index (κ2) is 7.53. The normalized spacial score (nSPS) is 7.42. The van der Waals surface area contributed by atoms with Crippen LogP contribution in [-0.2, 0) is 0 Å². The van der Waals surface area contributed by atoms with Crippen LogP contribution in [0.1, 0.15) is 11.1 Å². The summed E-state index contributed by atoms with van der Waals surface area (Å²) in [7, 11) is 0. The molecule has 0 N–H and O–H groups in total. The Morgan fingerprint density at radius 2 is 1.92 bits per heavy atom. The maximum atomic E-state index is 3.64. The molecule has 0 aliphatic carbocycles. The molecule has 0 saturated carbocycles. The Morgan fingerprint density at radius 3 is 2.42 bits per heavy atom. The van der Waals surface area contributed by atoms with Crippen LogP contribution in [0.15, 0.2) is 36.9 Å². The van der Waals surface area contributed by atoms with Crippen molar-refractivity contribution in [3.05, 3.63) is 54.5 Å². The number of hydrogen-bond acceptors (Lipinski definition) is 0. The molecule has 0 amide bonds. The third-order valence-electron chi connectivity index (χ3n) is 1.49. The largest absolute Gasteiger partial charge is 2.00 e. The molecule has 0 radical (unpaired) electrons. The van der Waals surface area contributed by atoms with Crippen molar-refractivity contribution in [3.8, 4) is 0 Å². The summed E-state index contributed by atoms with van der Waals surface area (Å²) >= 11 is 0. The summed E-state index contributed by atoms with van der Waals surface area (Å²) in [6.45, 7) is 5.73. The monoisotopic (exact) mass is 190 g/mol. The first kappa shape index (κ1) is 14.4. The molecule has 0 spiro atoms. The molecule has 0 aliphatic rings. The SMILES string of the molecule is C=C[CH-]c1ccccc1C.[Cl-].[Mg+2]. The van der Waals surface area contributed by atoms with Crippen molar-refractivity contribution in [2.75, 3.05) is 0 Å². The van der Waals surface area contributed by atoms with E-state index in [0.29, 0.717) is 0 Å². The Morgan fingerprint density at radius 1 is 1.33 bits per heavy atom. The van der Waals surface area contributed by atoms with Crippen molar-refractivity contribution in [1.82, 2.24) is 0 Å². The number of rotatable bonds is 2. The molecule has 12 heavy (non-hydrogen) atoms. The van der Waals surface area contributed by atoms with E-state index in [-0.39, 0.29) is 35.5 Å². The van der Waals surface area contributed by atoms with Crippen molar-refractivity contribution in [2.24, 2.45) is 0 Å². The predicted molar refractivity (Wildman–Crippen MR) is 50.5 cm³/mol. The van der Waals surface area contributed by atoms with E-state index < -0.39 is 0 Å². The maximum absolute atomic E-state index is 3.64. The molecular weight excluding hydrogens is 180 g/mol. The molecule has 0 aromatic heterocycles. The van der Waals surface area contributed by atoms with Gasteiger partial charge >= 0.3 is 23.1 Å². The quantitative estimate of drug-likeness (QED) is 0.430. The fraction of sp³-hybridized carbons (Fsp3) is 0.100. The molecule has 2 heteroatoms. The molecule has 1 aromatic carbocycles. The Bertz CT molecular complexity index is 233. The van der Waals surface area contributed by atoms with Gasteiger partial charge in [-0.05, 0) is 0 Å². The van der Waals surface area contributed by atoms with Crippen LogP contribution in [0.25, 0.3) is 0 Å². The number of halogens is 1. The first-order chi connectivity index (χ1) is 4.84. The molecule has 60 valence electrons. The van der Waals surface area contributed by atoms with Gasteiger partial charge in [0, 0.05) is 0 Å². The minimum absolute atomic E-state index is 0. The molecule has 1 rings (SSSR count). The average molecular weight is 191 g/mol. The van der Waals surface area contributed by atoms with E-state index in [1.54, 1.807) is 0 Å². The van der Waals surface area contributed by atoms with Crippen LogP contribution in [0.2, 0.25) is 0 Å². The molecule has 0 fully saturated rings. The van der Waals surface area contributed by atoms with Gasteiger partial charge in [-0.2, -0.15) is 12.7 Å². The zero-order chi connectivity index (χ0) is 7.40. The summed E-state index contributed by atoms with van der Waals surface area (Å²) in [5, 5.41) is 0. The zero-order valence-electron chi connectivity index (χ0n) is 7.26.